The Hall–Kier alpha value is -2.90. The number of hydrogen-bond acceptors (Lipinski definition) is 5. The third-order valence-electron chi connectivity index (χ3n) is 4.55. The zero-order valence-electron chi connectivity index (χ0n) is 14.1. The van der Waals surface area contributed by atoms with E-state index in [2.05, 4.69) is 10.1 Å². The van der Waals surface area contributed by atoms with E-state index in [1.54, 1.807) is 47.2 Å². The molecule has 8 heteroatoms. The molecule has 3 rings (SSSR count). The van der Waals surface area contributed by atoms with Gasteiger partial charge in [0.1, 0.15) is 0 Å². The number of nitrogens with zero attached hydrogens (tertiary/aromatic N) is 4. The molecule has 1 amide bonds. The van der Waals surface area contributed by atoms with Crippen LogP contribution in [0.1, 0.15) is 30.1 Å². The molecule has 1 N–H and O–H groups in total. The number of ether oxygens (including phenoxy) is 1. The van der Waals surface area contributed by atoms with Gasteiger partial charge in [0.2, 0.25) is 11.8 Å². The largest absolute Gasteiger partial charge is 0.481 e. The lowest BCUT2D eigenvalue weighted by Crippen LogP contribution is -2.45. The summed E-state index contributed by atoms with van der Waals surface area (Å²) in [6, 6.07) is 4.74. The maximum Gasteiger partial charge on any atom is 0.309 e. The number of pyridine rings is 1. The minimum atomic E-state index is -0.906. The molecule has 2 aromatic heterocycles. The highest BCUT2D eigenvalue weighted by molar-refractivity contribution is 5.81. The van der Waals surface area contributed by atoms with Gasteiger partial charge in [0.05, 0.1) is 24.8 Å². The fourth-order valence-corrected chi connectivity index (χ4v) is 3.30. The molecule has 0 radical (unpaired) electrons. The number of hydrogen-bond donors (Lipinski definition) is 1. The van der Waals surface area contributed by atoms with E-state index in [1.165, 1.54) is 7.11 Å². The van der Waals surface area contributed by atoms with E-state index in [9.17, 15) is 14.7 Å². The number of aromatic nitrogens is 3. The zero-order valence-corrected chi connectivity index (χ0v) is 14.1. The second kappa shape index (κ2) is 6.92. The van der Waals surface area contributed by atoms with Crippen molar-refractivity contribution in [3.05, 3.63) is 41.9 Å². The van der Waals surface area contributed by atoms with Crippen molar-refractivity contribution in [2.24, 2.45) is 13.0 Å². The summed E-state index contributed by atoms with van der Waals surface area (Å²) in [7, 11) is 3.28. The van der Waals surface area contributed by atoms with E-state index in [0.29, 0.717) is 18.0 Å². The van der Waals surface area contributed by atoms with Gasteiger partial charge >= 0.3 is 5.97 Å². The molecule has 1 aliphatic rings. The van der Waals surface area contributed by atoms with Crippen molar-refractivity contribution < 1.29 is 19.4 Å². The molecule has 1 aliphatic heterocycles. The molecule has 0 saturated carbocycles. The van der Waals surface area contributed by atoms with Crippen LogP contribution in [-0.2, 0) is 23.2 Å². The lowest BCUT2D eigenvalue weighted by Gasteiger charge is -2.39. The molecule has 1 saturated heterocycles. The van der Waals surface area contributed by atoms with Gasteiger partial charge in [-0.1, -0.05) is 0 Å². The summed E-state index contributed by atoms with van der Waals surface area (Å²) >= 11 is 0. The molecule has 1 fully saturated rings. The van der Waals surface area contributed by atoms with Crippen molar-refractivity contribution >= 4 is 11.9 Å². The molecule has 2 aromatic rings. The van der Waals surface area contributed by atoms with Crippen LogP contribution in [-0.4, -0.2) is 43.8 Å². The highest BCUT2D eigenvalue weighted by Gasteiger charge is 2.42. The normalized spacial score (nSPS) is 20.6. The van der Waals surface area contributed by atoms with Crippen LogP contribution in [0, 0.1) is 5.92 Å². The number of amides is 1. The van der Waals surface area contributed by atoms with Gasteiger partial charge in [-0.25, -0.2) is 4.98 Å². The van der Waals surface area contributed by atoms with Gasteiger partial charge in [-0.15, -0.1) is 0 Å². The lowest BCUT2D eigenvalue weighted by atomic mass is 9.86. The number of carbonyl (C=O) groups is 2. The Bertz CT molecular complexity index is 788. The number of aliphatic carboxylic acids is 1. The van der Waals surface area contributed by atoms with Crippen LogP contribution >= 0.6 is 0 Å². The van der Waals surface area contributed by atoms with Gasteiger partial charge in [0.25, 0.3) is 0 Å². The van der Waals surface area contributed by atoms with E-state index >= 15 is 0 Å². The molecule has 0 bridgehead atoms. The highest BCUT2D eigenvalue weighted by Crippen LogP contribution is 2.37. The van der Waals surface area contributed by atoms with E-state index in [-0.39, 0.29) is 18.9 Å². The summed E-state index contributed by atoms with van der Waals surface area (Å²) < 4.78 is 6.75. The first-order valence-corrected chi connectivity index (χ1v) is 8.00. The van der Waals surface area contributed by atoms with Gasteiger partial charge in [0.15, 0.2) is 0 Å². The summed E-state index contributed by atoms with van der Waals surface area (Å²) in [5, 5.41) is 13.8. The van der Waals surface area contributed by atoms with E-state index in [1.807, 2.05) is 0 Å². The van der Waals surface area contributed by atoms with Crippen molar-refractivity contribution in [2.75, 3.05) is 7.11 Å². The quantitative estimate of drug-likeness (QED) is 0.880. The number of rotatable bonds is 5. The van der Waals surface area contributed by atoms with Crippen LogP contribution in [0.15, 0.2) is 30.6 Å². The van der Waals surface area contributed by atoms with Crippen molar-refractivity contribution in [1.82, 2.24) is 19.7 Å². The maximum absolute atomic E-state index is 12.6. The van der Waals surface area contributed by atoms with Crippen LogP contribution in [0.5, 0.6) is 5.88 Å². The number of carboxylic acids is 1. The van der Waals surface area contributed by atoms with Crippen molar-refractivity contribution in [1.29, 1.82) is 0 Å². The van der Waals surface area contributed by atoms with Gasteiger partial charge in [-0.05, 0) is 24.1 Å². The van der Waals surface area contributed by atoms with Gasteiger partial charge in [-0.3, -0.25) is 14.3 Å². The number of methoxy groups -OCH3 is 1. The summed E-state index contributed by atoms with van der Waals surface area (Å²) in [5.74, 6) is -1.19. The fourth-order valence-electron chi connectivity index (χ4n) is 3.30. The average Bonchev–Trinajstić information content (AvgIpc) is 3.02. The number of piperidine rings is 1. The smallest absolute Gasteiger partial charge is 0.309 e. The van der Waals surface area contributed by atoms with E-state index < -0.39 is 17.9 Å². The molecular weight excluding hydrogens is 324 g/mol. The third-order valence-corrected chi connectivity index (χ3v) is 4.55. The second-order valence-corrected chi connectivity index (χ2v) is 6.04. The summed E-state index contributed by atoms with van der Waals surface area (Å²) in [6.45, 7) is 0.289. The Labute approximate surface area is 145 Å². The average molecular weight is 344 g/mol. The van der Waals surface area contributed by atoms with Crippen LogP contribution in [0.25, 0.3) is 0 Å². The van der Waals surface area contributed by atoms with E-state index in [0.717, 1.165) is 5.56 Å². The first-order chi connectivity index (χ1) is 12.0. The molecule has 3 heterocycles. The standard InChI is InChI=1S/C17H20N4O4/c1-20-13(6-8-19-20)16-12(17(23)24)3-4-15(22)21(16)10-11-5-7-18-14(9-11)25-2/h5-9,12,16H,3-4,10H2,1-2H3,(H,23,24)/t12-,16-/m0/s1. The maximum atomic E-state index is 12.6. The van der Waals surface area contributed by atoms with E-state index in [4.69, 9.17) is 4.74 Å². The molecule has 0 unspecified atom stereocenters. The fraction of sp³-hybridized carbons (Fsp3) is 0.412. The SMILES string of the molecule is COc1cc(CN2C(=O)CC[C@H](C(=O)O)[C@H]2c2ccnn2C)ccn1. The molecule has 132 valence electrons. The van der Waals surface area contributed by atoms with Crippen molar-refractivity contribution in [2.45, 2.75) is 25.4 Å². The van der Waals surface area contributed by atoms with Gasteiger partial charge in [0, 0.05) is 38.5 Å². The monoisotopic (exact) mass is 344 g/mol. The summed E-state index contributed by atoms with van der Waals surface area (Å²) in [5.41, 5.74) is 1.54. The topological polar surface area (TPSA) is 97.5 Å². The predicted octanol–water partition coefficient (Wildman–Crippen LogP) is 1.39. The minimum Gasteiger partial charge on any atom is -0.481 e. The number of likely N-dealkylation sites (tertiary alicyclic amines) is 1. The number of aryl methyl sites for hydroxylation is 1. The summed E-state index contributed by atoms with van der Waals surface area (Å²) in [4.78, 5) is 30.1. The Morgan fingerprint density at radius 3 is 2.84 bits per heavy atom. The Morgan fingerprint density at radius 1 is 1.40 bits per heavy atom. The molecule has 0 aliphatic carbocycles. The molecule has 2 atom stereocenters. The highest BCUT2D eigenvalue weighted by atomic mass is 16.5. The van der Waals surface area contributed by atoms with Crippen molar-refractivity contribution in [3.8, 4) is 5.88 Å². The Balaban J connectivity index is 1.98. The number of carboxylic acid groups (broad SMARTS) is 1. The number of carbonyl (C=O) groups excluding carboxylic acids is 1. The third kappa shape index (κ3) is 3.33. The predicted molar refractivity (Wildman–Crippen MR) is 87.6 cm³/mol. The molecule has 25 heavy (non-hydrogen) atoms. The van der Waals surface area contributed by atoms with Crippen LogP contribution < -0.4 is 4.74 Å². The minimum absolute atomic E-state index is 0.0699. The zero-order chi connectivity index (χ0) is 18.0. The van der Waals surface area contributed by atoms with Crippen LogP contribution in [0.2, 0.25) is 0 Å². The summed E-state index contributed by atoms with van der Waals surface area (Å²) in [6.07, 6.45) is 3.75. The molecule has 0 aromatic carbocycles. The van der Waals surface area contributed by atoms with Gasteiger partial charge < -0.3 is 14.7 Å². The van der Waals surface area contributed by atoms with Crippen LogP contribution in [0.4, 0.5) is 0 Å². The Kier molecular flexibility index (Phi) is 4.69. The Morgan fingerprint density at radius 2 is 2.20 bits per heavy atom. The lowest BCUT2D eigenvalue weighted by molar-refractivity contribution is -0.152. The second-order valence-electron chi connectivity index (χ2n) is 6.04. The van der Waals surface area contributed by atoms with Crippen molar-refractivity contribution in [3.63, 3.8) is 0 Å². The first kappa shape index (κ1) is 16.9. The molecular formula is C17H20N4O4. The van der Waals surface area contributed by atoms with Crippen LogP contribution in [0.3, 0.4) is 0 Å². The first-order valence-electron chi connectivity index (χ1n) is 8.00. The molecule has 0 spiro atoms. The molecule has 8 nitrogen and oxygen atoms in total. The van der Waals surface area contributed by atoms with Gasteiger partial charge in [-0.2, -0.15) is 5.10 Å².